The van der Waals surface area contributed by atoms with E-state index >= 15 is 0 Å². The van der Waals surface area contributed by atoms with Crippen LogP contribution in [0.1, 0.15) is 65.7 Å². The molecule has 1 aromatic rings. The quantitative estimate of drug-likeness (QED) is 0.811. The largest absolute Gasteiger partial charge is 0.393 e. The van der Waals surface area contributed by atoms with Crippen LogP contribution in [0.25, 0.3) is 0 Å². The second kappa shape index (κ2) is 4.92. The first-order chi connectivity index (χ1) is 10.6. The summed E-state index contributed by atoms with van der Waals surface area (Å²) in [5.74, 6) is -0.350. The van der Waals surface area contributed by atoms with Crippen molar-refractivity contribution in [3.05, 3.63) is 35.4 Å². The van der Waals surface area contributed by atoms with Gasteiger partial charge in [0.15, 0.2) is 0 Å². The number of aliphatic hydroxyl groups excluding tert-OH is 1. The molecule has 4 heteroatoms. The molecule has 22 heavy (non-hydrogen) atoms. The Balaban J connectivity index is 1.74. The van der Waals surface area contributed by atoms with Crippen LogP contribution in [0.4, 0.5) is 0 Å². The molecular weight excluding hydrogens is 278 g/mol. The Hall–Kier alpha value is -1.68. The molecule has 0 radical (unpaired) electrons. The molecule has 2 unspecified atom stereocenters. The molecule has 1 aliphatic heterocycles. The number of nitrogens with zero attached hydrogens (tertiary/aromatic N) is 1. The zero-order valence-corrected chi connectivity index (χ0v) is 12.6. The zero-order valence-electron chi connectivity index (χ0n) is 12.6. The molecule has 0 aromatic heterocycles. The normalized spacial score (nSPS) is 30.1. The van der Waals surface area contributed by atoms with Gasteiger partial charge in [0.05, 0.1) is 17.2 Å². The minimum Gasteiger partial charge on any atom is -0.393 e. The van der Waals surface area contributed by atoms with Crippen LogP contribution in [0.2, 0.25) is 0 Å². The average molecular weight is 299 g/mol. The van der Waals surface area contributed by atoms with E-state index in [1.807, 2.05) is 0 Å². The van der Waals surface area contributed by atoms with Crippen molar-refractivity contribution in [2.24, 2.45) is 5.41 Å². The van der Waals surface area contributed by atoms with Crippen molar-refractivity contribution in [3.63, 3.8) is 0 Å². The van der Waals surface area contributed by atoms with Crippen LogP contribution in [0, 0.1) is 5.41 Å². The van der Waals surface area contributed by atoms with Crippen LogP contribution in [0.15, 0.2) is 24.3 Å². The SMILES string of the molecule is O=C1c2ccccc2C(=O)N1C1CC(O)CCC12CCCC2. The third-order valence-corrected chi connectivity index (χ3v) is 5.91. The third-order valence-electron chi connectivity index (χ3n) is 5.91. The maximum Gasteiger partial charge on any atom is 0.261 e. The standard InChI is InChI=1S/C18H21NO3/c20-12-7-10-18(8-3-4-9-18)15(11-12)19-16(21)13-5-1-2-6-14(13)17(19)22/h1-2,5-6,12,15,20H,3-4,7-11H2. The number of carbonyl (C=O) groups is 2. The Labute approximate surface area is 130 Å². The maximum absolute atomic E-state index is 12.8. The fraction of sp³-hybridized carbons (Fsp3) is 0.556. The molecule has 2 saturated carbocycles. The molecule has 1 heterocycles. The second-order valence-corrected chi connectivity index (χ2v) is 7.04. The van der Waals surface area contributed by atoms with Gasteiger partial charge in [-0.05, 0) is 49.7 Å². The Morgan fingerprint density at radius 2 is 1.59 bits per heavy atom. The highest BCUT2D eigenvalue weighted by atomic mass is 16.3. The minimum atomic E-state index is -0.402. The van der Waals surface area contributed by atoms with E-state index in [4.69, 9.17) is 0 Å². The van der Waals surface area contributed by atoms with Gasteiger partial charge in [0.25, 0.3) is 11.8 Å². The van der Waals surface area contributed by atoms with E-state index in [0.29, 0.717) is 17.5 Å². The van der Waals surface area contributed by atoms with Crippen molar-refractivity contribution in [2.45, 2.75) is 57.1 Å². The minimum absolute atomic E-state index is 0.0343. The summed E-state index contributed by atoms with van der Waals surface area (Å²) in [6.45, 7) is 0. The highest BCUT2D eigenvalue weighted by molar-refractivity contribution is 6.21. The Morgan fingerprint density at radius 3 is 2.18 bits per heavy atom. The number of hydrogen-bond acceptors (Lipinski definition) is 3. The predicted molar refractivity (Wildman–Crippen MR) is 81.5 cm³/mol. The van der Waals surface area contributed by atoms with E-state index in [1.165, 1.54) is 4.90 Å². The maximum atomic E-state index is 12.8. The Morgan fingerprint density at radius 1 is 1.00 bits per heavy atom. The number of hydrogen-bond donors (Lipinski definition) is 1. The number of fused-ring (bicyclic) bond motifs is 1. The van der Waals surface area contributed by atoms with Gasteiger partial charge in [-0.2, -0.15) is 0 Å². The summed E-state index contributed by atoms with van der Waals surface area (Å²) < 4.78 is 0. The first-order valence-corrected chi connectivity index (χ1v) is 8.27. The summed E-state index contributed by atoms with van der Waals surface area (Å²) >= 11 is 0. The van der Waals surface area contributed by atoms with Crippen molar-refractivity contribution in [1.29, 1.82) is 0 Å². The van der Waals surface area contributed by atoms with Gasteiger partial charge in [0.1, 0.15) is 0 Å². The smallest absolute Gasteiger partial charge is 0.261 e. The first-order valence-electron chi connectivity index (χ1n) is 8.27. The molecule has 1 N–H and O–H groups in total. The van der Waals surface area contributed by atoms with Gasteiger partial charge in [0, 0.05) is 6.04 Å². The highest BCUT2D eigenvalue weighted by Gasteiger charge is 2.52. The zero-order chi connectivity index (χ0) is 15.3. The number of aliphatic hydroxyl groups is 1. The molecule has 2 aliphatic carbocycles. The Bertz CT molecular complexity index is 598. The molecule has 2 amide bonds. The lowest BCUT2D eigenvalue weighted by molar-refractivity contribution is -0.0112. The molecule has 4 rings (SSSR count). The molecule has 1 aromatic carbocycles. The second-order valence-electron chi connectivity index (χ2n) is 7.04. The number of rotatable bonds is 1. The molecule has 0 bridgehead atoms. The van der Waals surface area contributed by atoms with Gasteiger partial charge in [-0.1, -0.05) is 25.0 Å². The monoisotopic (exact) mass is 299 g/mol. The van der Waals surface area contributed by atoms with Crippen LogP contribution in [-0.2, 0) is 0 Å². The van der Waals surface area contributed by atoms with Gasteiger partial charge >= 0.3 is 0 Å². The summed E-state index contributed by atoms with van der Waals surface area (Å²) in [5, 5.41) is 10.1. The fourth-order valence-electron chi connectivity index (χ4n) is 4.78. The summed E-state index contributed by atoms with van der Waals surface area (Å²) in [5.41, 5.74) is 1.06. The van der Waals surface area contributed by atoms with Crippen molar-refractivity contribution in [2.75, 3.05) is 0 Å². The van der Waals surface area contributed by atoms with Crippen molar-refractivity contribution < 1.29 is 14.7 Å². The number of benzene rings is 1. The molecule has 4 nitrogen and oxygen atoms in total. The van der Waals surface area contributed by atoms with Crippen LogP contribution < -0.4 is 0 Å². The molecule has 1 spiro atoms. The summed E-state index contributed by atoms with van der Waals surface area (Å²) in [4.78, 5) is 27.0. The predicted octanol–water partition coefficient (Wildman–Crippen LogP) is 2.76. The van der Waals surface area contributed by atoms with Crippen LogP contribution in [0.3, 0.4) is 0 Å². The van der Waals surface area contributed by atoms with E-state index in [2.05, 4.69) is 0 Å². The summed E-state index contributed by atoms with van der Waals surface area (Å²) in [7, 11) is 0. The molecule has 116 valence electrons. The van der Waals surface area contributed by atoms with E-state index in [9.17, 15) is 14.7 Å². The van der Waals surface area contributed by atoms with Gasteiger partial charge in [-0.3, -0.25) is 14.5 Å². The van der Waals surface area contributed by atoms with Gasteiger partial charge in [0.2, 0.25) is 0 Å². The number of amides is 2. The third kappa shape index (κ3) is 1.86. The lowest BCUT2D eigenvalue weighted by atomic mass is 9.67. The lowest BCUT2D eigenvalue weighted by Crippen LogP contribution is -2.53. The van der Waals surface area contributed by atoms with Gasteiger partial charge in [-0.25, -0.2) is 0 Å². The van der Waals surface area contributed by atoms with Gasteiger partial charge < -0.3 is 5.11 Å². The average Bonchev–Trinajstić information content (AvgIpc) is 3.09. The summed E-state index contributed by atoms with van der Waals surface area (Å²) in [6.07, 6.45) is 6.30. The van der Waals surface area contributed by atoms with Crippen LogP contribution >= 0.6 is 0 Å². The Kier molecular flexibility index (Phi) is 3.12. The molecule has 3 aliphatic rings. The van der Waals surface area contributed by atoms with Crippen LogP contribution in [0.5, 0.6) is 0 Å². The van der Waals surface area contributed by atoms with E-state index in [-0.39, 0.29) is 23.3 Å². The van der Waals surface area contributed by atoms with Gasteiger partial charge in [-0.15, -0.1) is 0 Å². The molecule has 2 fully saturated rings. The first kappa shape index (κ1) is 13.9. The lowest BCUT2D eigenvalue weighted by Gasteiger charge is -2.46. The number of imide groups is 1. The molecular formula is C18H21NO3. The van der Waals surface area contributed by atoms with Crippen molar-refractivity contribution in [1.82, 2.24) is 4.90 Å². The summed E-state index contributed by atoms with van der Waals surface area (Å²) in [6, 6.07) is 6.92. The van der Waals surface area contributed by atoms with Crippen LogP contribution in [-0.4, -0.2) is 34.0 Å². The molecule has 2 atom stereocenters. The highest BCUT2D eigenvalue weighted by Crippen LogP contribution is 2.52. The number of carbonyl (C=O) groups excluding carboxylic acids is 2. The topological polar surface area (TPSA) is 57.6 Å². The van der Waals surface area contributed by atoms with Crippen molar-refractivity contribution >= 4 is 11.8 Å². The fourth-order valence-corrected chi connectivity index (χ4v) is 4.78. The molecule has 0 saturated heterocycles. The van der Waals surface area contributed by atoms with E-state index < -0.39 is 6.10 Å². The van der Waals surface area contributed by atoms with E-state index in [0.717, 1.165) is 38.5 Å². The van der Waals surface area contributed by atoms with E-state index in [1.54, 1.807) is 24.3 Å². The van der Waals surface area contributed by atoms with Crippen molar-refractivity contribution in [3.8, 4) is 0 Å².